The molecule has 0 aliphatic heterocycles. The van der Waals surface area contributed by atoms with Crippen LogP contribution in [-0.4, -0.2) is 42.2 Å². The highest BCUT2D eigenvalue weighted by molar-refractivity contribution is 8.00. The molecule has 5 rings (SSSR count). The van der Waals surface area contributed by atoms with Gasteiger partial charge in [0.05, 0.1) is 30.2 Å². The first-order chi connectivity index (χ1) is 23.6. The van der Waals surface area contributed by atoms with Gasteiger partial charge in [-0.3, -0.25) is 14.4 Å². The van der Waals surface area contributed by atoms with Crippen LogP contribution in [0, 0.1) is 0 Å². The van der Waals surface area contributed by atoms with Crippen molar-refractivity contribution in [2.75, 3.05) is 24.9 Å². The van der Waals surface area contributed by atoms with Crippen molar-refractivity contribution in [2.45, 2.75) is 17.1 Å². The summed E-state index contributed by atoms with van der Waals surface area (Å²) in [5, 5.41) is 11.2. The van der Waals surface area contributed by atoms with Crippen LogP contribution in [0.1, 0.15) is 22.8 Å². The molecule has 250 valence electrons. The lowest BCUT2D eigenvalue weighted by atomic mass is 10.1. The summed E-state index contributed by atoms with van der Waals surface area (Å²) in [6.45, 7) is 1.78. The van der Waals surface area contributed by atoms with Gasteiger partial charge in [-0.2, -0.15) is 0 Å². The van der Waals surface area contributed by atoms with Gasteiger partial charge in [0.2, 0.25) is 5.91 Å². The van der Waals surface area contributed by atoms with Crippen molar-refractivity contribution in [3.8, 4) is 22.8 Å². The molecule has 0 aliphatic rings. The molecule has 0 radical (unpaired) electrons. The number of thiazole rings is 1. The van der Waals surface area contributed by atoms with E-state index in [0.717, 1.165) is 4.90 Å². The van der Waals surface area contributed by atoms with Crippen LogP contribution < -0.4 is 25.4 Å². The largest absolute Gasteiger partial charge is 0.493 e. The molecule has 5 aromatic rings. The van der Waals surface area contributed by atoms with Gasteiger partial charge in [-0.05, 0) is 79.2 Å². The van der Waals surface area contributed by atoms with E-state index in [1.165, 1.54) is 37.3 Å². The lowest BCUT2D eigenvalue weighted by molar-refractivity contribution is -0.115. The van der Waals surface area contributed by atoms with Crippen LogP contribution in [0.15, 0.2) is 107 Å². The van der Waals surface area contributed by atoms with Crippen LogP contribution in [0.2, 0.25) is 10.0 Å². The number of nitrogens with zero attached hydrogens (tertiary/aromatic N) is 1. The highest BCUT2D eigenvalue weighted by Crippen LogP contribution is 2.33. The highest BCUT2D eigenvalue weighted by atomic mass is 35.5. The van der Waals surface area contributed by atoms with Crippen molar-refractivity contribution >= 4 is 80.9 Å². The van der Waals surface area contributed by atoms with Gasteiger partial charge in [0.15, 0.2) is 16.6 Å². The molecule has 49 heavy (non-hydrogen) atoms. The zero-order valence-corrected chi connectivity index (χ0v) is 29.6. The Morgan fingerprint density at radius 2 is 1.65 bits per heavy atom. The molecule has 4 aromatic carbocycles. The molecule has 0 bridgehead atoms. The maximum Gasteiger partial charge on any atom is 0.272 e. The standard InChI is InChI=1S/C36H30Cl2N4O5S2/c1-21(33(43)42-36-41-30(20-48-36)27-14-13-24(37)18-28(27)38)49-26-11-7-10-25(19-26)39-35(45)29(40-34(44)23-8-5-4-6-9-23)16-22-12-15-31(46-2)32(17-22)47-3/h4-21H,1-3H3,(H,39,45)(H,40,44)(H,41,42,43)/b29-16+. The number of carbonyl (C=O) groups is 3. The Hall–Kier alpha value is -4.81. The third-order valence-corrected chi connectivity index (χ3v) is 9.36. The number of methoxy groups -OCH3 is 2. The first-order valence-corrected chi connectivity index (χ1v) is 17.2. The van der Waals surface area contributed by atoms with E-state index in [9.17, 15) is 14.4 Å². The summed E-state index contributed by atoms with van der Waals surface area (Å²) in [4.78, 5) is 45.0. The number of nitrogens with one attached hydrogen (secondary N) is 3. The number of amides is 3. The summed E-state index contributed by atoms with van der Waals surface area (Å²) in [5.74, 6) is -0.251. The average Bonchev–Trinajstić information content (AvgIpc) is 3.56. The quantitative estimate of drug-likeness (QED) is 0.0868. The van der Waals surface area contributed by atoms with E-state index in [1.54, 1.807) is 97.9 Å². The van der Waals surface area contributed by atoms with E-state index in [4.69, 9.17) is 32.7 Å². The third-order valence-electron chi connectivity index (χ3n) is 6.96. The number of rotatable bonds is 12. The van der Waals surface area contributed by atoms with Crippen molar-refractivity contribution in [1.29, 1.82) is 0 Å². The van der Waals surface area contributed by atoms with Crippen molar-refractivity contribution in [3.05, 3.63) is 123 Å². The second kappa shape index (κ2) is 16.5. The molecule has 1 aromatic heterocycles. The Morgan fingerprint density at radius 3 is 2.39 bits per heavy atom. The number of hydrogen-bond acceptors (Lipinski definition) is 8. The number of benzene rings is 4. The Kier molecular flexibility index (Phi) is 12.0. The second-order valence-corrected chi connectivity index (χ2v) is 13.5. The number of ether oxygens (including phenoxy) is 2. The minimum absolute atomic E-state index is 0.00887. The molecule has 0 spiro atoms. The SMILES string of the molecule is COc1ccc(/C=C(/NC(=O)c2ccccc2)C(=O)Nc2cccc(SC(C)C(=O)Nc3nc(-c4ccc(Cl)cc4Cl)cs3)c2)cc1OC. The van der Waals surface area contributed by atoms with Crippen molar-refractivity contribution in [3.63, 3.8) is 0 Å². The summed E-state index contributed by atoms with van der Waals surface area (Å²) in [7, 11) is 3.04. The molecule has 0 saturated heterocycles. The average molecular weight is 734 g/mol. The lowest BCUT2D eigenvalue weighted by Crippen LogP contribution is -2.30. The maximum absolute atomic E-state index is 13.6. The van der Waals surface area contributed by atoms with Crippen LogP contribution in [0.25, 0.3) is 17.3 Å². The van der Waals surface area contributed by atoms with Crippen LogP contribution in [-0.2, 0) is 9.59 Å². The second-order valence-electron chi connectivity index (χ2n) is 10.4. The summed E-state index contributed by atoms with van der Waals surface area (Å²) in [6.07, 6.45) is 1.55. The molecular weight excluding hydrogens is 703 g/mol. The van der Waals surface area contributed by atoms with Crippen LogP contribution in [0.3, 0.4) is 0 Å². The van der Waals surface area contributed by atoms with E-state index in [2.05, 4.69) is 20.9 Å². The van der Waals surface area contributed by atoms with Crippen molar-refractivity contribution < 1.29 is 23.9 Å². The lowest BCUT2D eigenvalue weighted by Gasteiger charge is -2.14. The van der Waals surface area contributed by atoms with Gasteiger partial charge < -0.3 is 25.4 Å². The van der Waals surface area contributed by atoms with E-state index >= 15 is 0 Å². The molecule has 1 atom stereocenters. The molecule has 0 fully saturated rings. The van der Waals surface area contributed by atoms with E-state index in [1.807, 2.05) is 11.4 Å². The monoisotopic (exact) mass is 732 g/mol. The fraction of sp³-hybridized carbons (Fsp3) is 0.111. The molecular formula is C36H30Cl2N4O5S2. The van der Waals surface area contributed by atoms with Gasteiger partial charge in [0.1, 0.15) is 5.70 Å². The fourth-order valence-corrected chi connectivity index (χ4v) is 6.66. The summed E-state index contributed by atoms with van der Waals surface area (Å²) < 4.78 is 10.7. The fourth-order valence-electron chi connectivity index (χ4n) is 4.51. The van der Waals surface area contributed by atoms with E-state index in [-0.39, 0.29) is 11.6 Å². The number of hydrogen-bond donors (Lipinski definition) is 3. The Bertz CT molecular complexity index is 2020. The topological polar surface area (TPSA) is 119 Å². The van der Waals surface area contributed by atoms with E-state index in [0.29, 0.717) is 54.7 Å². The molecule has 1 unspecified atom stereocenters. The number of halogens is 2. The number of anilines is 2. The molecule has 9 nitrogen and oxygen atoms in total. The van der Waals surface area contributed by atoms with Gasteiger partial charge in [0, 0.05) is 32.1 Å². The normalized spacial score (nSPS) is 11.7. The minimum Gasteiger partial charge on any atom is -0.493 e. The van der Waals surface area contributed by atoms with Crippen LogP contribution in [0.4, 0.5) is 10.8 Å². The molecule has 0 saturated carbocycles. The maximum atomic E-state index is 13.6. The number of aromatic nitrogens is 1. The number of carbonyl (C=O) groups excluding carboxylic acids is 3. The predicted molar refractivity (Wildman–Crippen MR) is 198 cm³/mol. The molecule has 3 N–H and O–H groups in total. The summed E-state index contributed by atoms with van der Waals surface area (Å²) >= 11 is 14.9. The molecule has 3 amide bonds. The first-order valence-electron chi connectivity index (χ1n) is 14.7. The summed E-state index contributed by atoms with van der Waals surface area (Å²) in [6, 6.07) is 26.0. The molecule has 0 aliphatic carbocycles. The Balaban J connectivity index is 1.28. The zero-order chi connectivity index (χ0) is 34.9. The smallest absolute Gasteiger partial charge is 0.272 e. The van der Waals surface area contributed by atoms with Crippen molar-refractivity contribution in [2.24, 2.45) is 0 Å². The first kappa shape index (κ1) is 35.5. The van der Waals surface area contributed by atoms with Gasteiger partial charge in [0.25, 0.3) is 11.8 Å². The Labute approximate surface area is 301 Å². The van der Waals surface area contributed by atoms with Crippen LogP contribution in [0.5, 0.6) is 11.5 Å². The van der Waals surface area contributed by atoms with Crippen LogP contribution >= 0.6 is 46.3 Å². The highest BCUT2D eigenvalue weighted by Gasteiger charge is 2.19. The van der Waals surface area contributed by atoms with Gasteiger partial charge >= 0.3 is 0 Å². The van der Waals surface area contributed by atoms with Crippen molar-refractivity contribution in [1.82, 2.24) is 10.3 Å². The molecule has 1 heterocycles. The Morgan fingerprint density at radius 1 is 0.878 bits per heavy atom. The van der Waals surface area contributed by atoms with Gasteiger partial charge in [-0.1, -0.05) is 53.5 Å². The summed E-state index contributed by atoms with van der Waals surface area (Å²) in [5.41, 5.74) is 2.82. The molecule has 13 heteroatoms. The van der Waals surface area contributed by atoms with Gasteiger partial charge in [-0.25, -0.2) is 4.98 Å². The predicted octanol–water partition coefficient (Wildman–Crippen LogP) is 8.66. The third kappa shape index (κ3) is 9.42. The minimum atomic E-state index is -0.549. The van der Waals surface area contributed by atoms with E-state index < -0.39 is 17.1 Å². The van der Waals surface area contributed by atoms with Gasteiger partial charge in [-0.15, -0.1) is 23.1 Å². The zero-order valence-electron chi connectivity index (χ0n) is 26.5. The number of thioether (sulfide) groups is 1.